The van der Waals surface area contributed by atoms with E-state index in [0.29, 0.717) is 18.6 Å². The lowest BCUT2D eigenvalue weighted by molar-refractivity contribution is 0.0372. The van der Waals surface area contributed by atoms with Crippen LogP contribution in [0.15, 0.2) is 30.3 Å². The number of ether oxygens (including phenoxy) is 1. The Morgan fingerprint density at radius 2 is 1.87 bits per heavy atom. The number of piperidine rings is 2. The fourth-order valence-electron chi connectivity index (χ4n) is 3.90. The van der Waals surface area contributed by atoms with Crippen LogP contribution in [0.2, 0.25) is 0 Å². The van der Waals surface area contributed by atoms with Crippen molar-refractivity contribution in [3.63, 3.8) is 0 Å². The van der Waals surface area contributed by atoms with Gasteiger partial charge in [0, 0.05) is 19.1 Å². The third-order valence-corrected chi connectivity index (χ3v) is 5.18. The highest BCUT2D eigenvalue weighted by Gasteiger charge is 2.33. The van der Waals surface area contributed by atoms with Gasteiger partial charge in [0.2, 0.25) is 0 Å². The van der Waals surface area contributed by atoms with Gasteiger partial charge in [0.25, 0.3) is 0 Å². The molecule has 0 saturated carbocycles. The van der Waals surface area contributed by atoms with Gasteiger partial charge in [-0.1, -0.05) is 43.7 Å². The zero-order valence-corrected chi connectivity index (χ0v) is 14.1. The van der Waals surface area contributed by atoms with E-state index in [1.807, 2.05) is 35.2 Å². The molecular weight excluding hydrogens is 288 g/mol. The van der Waals surface area contributed by atoms with E-state index in [4.69, 9.17) is 4.74 Å². The Hall–Kier alpha value is -1.55. The monoisotopic (exact) mass is 316 g/mol. The van der Waals surface area contributed by atoms with E-state index in [1.165, 1.54) is 32.4 Å². The van der Waals surface area contributed by atoms with Gasteiger partial charge in [-0.3, -0.25) is 4.90 Å². The van der Waals surface area contributed by atoms with Crippen molar-refractivity contribution in [2.75, 3.05) is 26.2 Å². The summed E-state index contributed by atoms with van der Waals surface area (Å²) in [6.45, 7) is 6.73. The van der Waals surface area contributed by atoms with Crippen LogP contribution in [0.3, 0.4) is 0 Å². The summed E-state index contributed by atoms with van der Waals surface area (Å²) in [6, 6.07) is 10.5. The summed E-state index contributed by atoms with van der Waals surface area (Å²) in [6.07, 6.45) is 4.92. The minimum atomic E-state index is -0.169. The minimum Gasteiger partial charge on any atom is -0.445 e. The molecule has 0 aromatic heterocycles. The molecule has 2 aliphatic rings. The average Bonchev–Trinajstić information content (AvgIpc) is 2.61. The summed E-state index contributed by atoms with van der Waals surface area (Å²) in [5, 5.41) is 0. The summed E-state index contributed by atoms with van der Waals surface area (Å²) in [4.78, 5) is 16.8. The molecule has 0 bridgehead atoms. The molecule has 1 aromatic rings. The first-order valence-corrected chi connectivity index (χ1v) is 8.94. The molecule has 0 N–H and O–H groups in total. The first-order chi connectivity index (χ1) is 11.2. The van der Waals surface area contributed by atoms with Crippen LogP contribution in [-0.2, 0) is 11.3 Å². The molecule has 3 rings (SSSR count). The topological polar surface area (TPSA) is 32.8 Å². The second kappa shape index (κ2) is 7.82. The SMILES string of the molecule is CC1CN(C(=O)OCc2ccccc2)CCC1N1CCCCC1. The largest absolute Gasteiger partial charge is 0.445 e. The second-order valence-electron chi connectivity index (χ2n) is 6.92. The predicted octanol–water partition coefficient (Wildman–Crippen LogP) is 3.52. The molecule has 0 aliphatic carbocycles. The van der Waals surface area contributed by atoms with E-state index in [9.17, 15) is 4.79 Å². The number of carbonyl (C=O) groups is 1. The normalized spacial score (nSPS) is 26.0. The zero-order chi connectivity index (χ0) is 16.1. The minimum absolute atomic E-state index is 0.169. The molecular formula is C19H28N2O2. The Balaban J connectivity index is 1.47. The molecule has 23 heavy (non-hydrogen) atoms. The van der Waals surface area contributed by atoms with Gasteiger partial charge < -0.3 is 9.64 Å². The fraction of sp³-hybridized carbons (Fsp3) is 0.632. The van der Waals surface area contributed by atoms with Gasteiger partial charge in [0.15, 0.2) is 0 Å². The smallest absolute Gasteiger partial charge is 0.410 e. The first-order valence-electron chi connectivity index (χ1n) is 8.94. The maximum absolute atomic E-state index is 12.3. The number of benzene rings is 1. The van der Waals surface area contributed by atoms with Gasteiger partial charge in [-0.15, -0.1) is 0 Å². The van der Waals surface area contributed by atoms with Crippen LogP contribution < -0.4 is 0 Å². The molecule has 1 amide bonds. The summed E-state index contributed by atoms with van der Waals surface area (Å²) in [7, 11) is 0. The maximum Gasteiger partial charge on any atom is 0.410 e. The molecule has 126 valence electrons. The van der Waals surface area contributed by atoms with Crippen LogP contribution in [-0.4, -0.2) is 48.1 Å². The Morgan fingerprint density at radius 1 is 1.13 bits per heavy atom. The average molecular weight is 316 g/mol. The van der Waals surface area contributed by atoms with Crippen LogP contribution in [0.25, 0.3) is 0 Å². The van der Waals surface area contributed by atoms with E-state index < -0.39 is 0 Å². The van der Waals surface area contributed by atoms with E-state index in [2.05, 4.69) is 11.8 Å². The molecule has 2 atom stereocenters. The van der Waals surface area contributed by atoms with Gasteiger partial charge in [-0.05, 0) is 43.8 Å². The second-order valence-corrected chi connectivity index (χ2v) is 6.92. The number of amides is 1. The van der Waals surface area contributed by atoms with Crippen molar-refractivity contribution in [2.24, 2.45) is 5.92 Å². The molecule has 4 nitrogen and oxygen atoms in total. The van der Waals surface area contributed by atoms with E-state index in [-0.39, 0.29) is 6.09 Å². The van der Waals surface area contributed by atoms with Crippen molar-refractivity contribution < 1.29 is 9.53 Å². The number of hydrogen-bond donors (Lipinski definition) is 0. The van der Waals surface area contributed by atoms with Crippen molar-refractivity contribution in [3.8, 4) is 0 Å². The van der Waals surface area contributed by atoms with Gasteiger partial charge in [-0.2, -0.15) is 0 Å². The fourth-order valence-corrected chi connectivity index (χ4v) is 3.90. The number of rotatable bonds is 3. The standard InChI is InChI=1S/C19H28N2O2/c1-16-14-21(13-10-18(16)20-11-6-3-7-12-20)19(22)23-15-17-8-4-2-5-9-17/h2,4-5,8-9,16,18H,3,6-7,10-15H2,1H3. The Labute approximate surface area is 139 Å². The Kier molecular flexibility index (Phi) is 5.55. The van der Waals surface area contributed by atoms with Crippen molar-refractivity contribution >= 4 is 6.09 Å². The molecule has 2 unspecified atom stereocenters. The first kappa shape index (κ1) is 16.3. The van der Waals surface area contributed by atoms with Crippen LogP contribution in [0, 0.1) is 5.92 Å². The van der Waals surface area contributed by atoms with Crippen LogP contribution in [0.4, 0.5) is 4.79 Å². The quantitative estimate of drug-likeness (QED) is 0.855. The number of nitrogens with zero attached hydrogens (tertiary/aromatic N) is 2. The summed E-state index contributed by atoms with van der Waals surface area (Å²) in [5.41, 5.74) is 1.04. The lowest BCUT2D eigenvalue weighted by Gasteiger charge is -2.43. The van der Waals surface area contributed by atoms with Crippen molar-refractivity contribution in [3.05, 3.63) is 35.9 Å². The lowest BCUT2D eigenvalue weighted by Crippen LogP contribution is -2.52. The molecule has 1 aromatic carbocycles. The van der Waals surface area contributed by atoms with Gasteiger partial charge in [0.05, 0.1) is 0 Å². The van der Waals surface area contributed by atoms with E-state index in [1.54, 1.807) is 0 Å². The van der Waals surface area contributed by atoms with E-state index in [0.717, 1.165) is 25.1 Å². The molecule has 2 aliphatic heterocycles. The highest BCUT2D eigenvalue weighted by molar-refractivity contribution is 5.67. The van der Waals surface area contributed by atoms with Crippen LogP contribution in [0.1, 0.15) is 38.2 Å². The van der Waals surface area contributed by atoms with Gasteiger partial charge in [-0.25, -0.2) is 4.79 Å². The van der Waals surface area contributed by atoms with Crippen LogP contribution in [0.5, 0.6) is 0 Å². The molecule has 0 spiro atoms. The summed E-state index contributed by atoms with van der Waals surface area (Å²) in [5.74, 6) is 0.520. The van der Waals surface area contributed by atoms with Gasteiger partial charge in [0.1, 0.15) is 6.61 Å². The Bertz CT molecular complexity index is 499. The summed E-state index contributed by atoms with van der Waals surface area (Å²) < 4.78 is 5.47. The van der Waals surface area contributed by atoms with Crippen LogP contribution >= 0.6 is 0 Å². The Morgan fingerprint density at radius 3 is 2.57 bits per heavy atom. The highest BCUT2D eigenvalue weighted by Crippen LogP contribution is 2.25. The zero-order valence-electron chi connectivity index (χ0n) is 14.1. The van der Waals surface area contributed by atoms with Crippen molar-refractivity contribution in [1.82, 2.24) is 9.80 Å². The number of likely N-dealkylation sites (tertiary alicyclic amines) is 2. The lowest BCUT2D eigenvalue weighted by atomic mass is 9.91. The van der Waals surface area contributed by atoms with Gasteiger partial charge >= 0.3 is 6.09 Å². The predicted molar refractivity (Wildman–Crippen MR) is 91.2 cm³/mol. The van der Waals surface area contributed by atoms with Crippen molar-refractivity contribution in [1.29, 1.82) is 0 Å². The maximum atomic E-state index is 12.3. The van der Waals surface area contributed by atoms with Crippen molar-refractivity contribution in [2.45, 2.75) is 45.3 Å². The van der Waals surface area contributed by atoms with E-state index >= 15 is 0 Å². The molecule has 2 fully saturated rings. The third-order valence-electron chi connectivity index (χ3n) is 5.18. The molecule has 0 radical (unpaired) electrons. The number of hydrogen-bond acceptors (Lipinski definition) is 3. The highest BCUT2D eigenvalue weighted by atomic mass is 16.6. The summed E-state index contributed by atoms with van der Waals surface area (Å²) >= 11 is 0. The molecule has 2 heterocycles. The molecule has 4 heteroatoms. The molecule has 2 saturated heterocycles. The third kappa shape index (κ3) is 4.25. The number of carbonyl (C=O) groups excluding carboxylic acids is 1.